The van der Waals surface area contributed by atoms with Crippen molar-refractivity contribution in [2.45, 2.75) is 30.5 Å². The molecule has 3 rings (SSSR count). The maximum absolute atomic E-state index is 13.2. The summed E-state index contributed by atoms with van der Waals surface area (Å²) in [5.74, 6) is -1.67. The third-order valence-electron chi connectivity index (χ3n) is 4.81. The summed E-state index contributed by atoms with van der Waals surface area (Å²) in [6.45, 7) is 3.85. The van der Waals surface area contributed by atoms with Crippen LogP contribution in [0.4, 0.5) is 0 Å². The first-order valence-corrected chi connectivity index (χ1v) is 12.2. The van der Waals surface area contributed by atoms with Crippen molar-refractivity contribution in [2.75, 3.05) is 6.54 Å². The fraction of sp³-hybridized carbons (Fsp3) is 0.217. The van der Waals surface area contributed by atoms with E-state index >= 15 is 0 Å². The Balaban J connectivity index is 1.68. The predicted octanol–water partition coefficient (Wildman–Crippen LogP) is 3.31. The molecule has 0 saturated heterocycles. The van der Waals surface area contributed by atoms with Crippen molar-refractivity contribution in [3.63, 3.8) is 0 Å². The molecule has 2 N–H and O–H groups in total. The molecule has 0 aliphatic rings. The van der Waals surface area contributed by atoms with Gasteiger partial charge in [-0.2, -0.15) is 0 Å². The minimum Gasteiger partial charge on any atom is -0.346 e. The highest BCUT2D eigenvalue weighted by atomic mass is 32.2. The van der Waals surface area contributed by atoms with Gasteiger partial charge in [-0.1, -0.05) is 53.6 Å². The van der Waals surface area contributed by atoms with Crippen molar-refractivity contribution in [2.24, 2.45) is 0 Å². The second kappa shape index (κ2) is 9.89. The number of sulfone groups is 1. The lowest BCUT2D eigenvalue weighted by Gasteiger charge is -2.17. The van der Waals surface area contributed by atoms with Gasteiger partial charge in [0.25, 0.3) is 0 Å². The molecule has 2 aromatic carbocycles. The summed E-state index contributed by atoms with van der Waals surface area (Å²) in [7, 11) is -3.76. The molecule has 1 heterocycles. The number of carbonyl (C=O) groups excluding carboxylic acids is 2. The van der Waals surface area contributed by atoms with E-state index in [1.807, 2.05) is 38.1 Å². The van der Waals surface area contributed by atoms with Crippen LogP contribution in [0.2, 0.25) is 0 Å². The van der Waals surface area contributed by atoms with E-state index in [1.54, 1.807) is 41.8 Å². The van der Waals surface area contributed by atoms with Crippen LogP contribution in [0.15, 0.2) is 70.9 Å². The molecule has 1 aromatic heterocycles. The minimum atomic E-state index is -3.76. The average molecular weight is 457 g/mol. The lowest BCUT2D eigenvalue weighted by atomic mass is 10.1. The second-order valence-corrected chi connectivity index (χ2v) is 10.4. The summed E-state index contributed by atoms with van der Waals surface area (Å²) in [4.78, 5) is 25.2. The standard InChI is InChI=1S/C23H24N2O4S2/c1-16-5-9-18(10-6-16)14-24-22(26)23(27)25-15-21(20-4-3-13-30-20)31(28,29)19-11-7-17(2)8-12-19/h3-13,21H,14-15H2,1-2H3,(H,24,26)(H,25,27)/t21-/m0/s1. The van der Waals surface area contributed by atoms with Crippen LogP contribution in [0, 0.1) is 13.8 Å². The second-order valence-electron chi connectivity index (χ2n) is 7.24. The normalized spacial score (nSPS) is 12.2. The van der Waals surface area contributed by atoms with E-state index in [-0.39, 0.29) is 18.0 Å². The molecular weight excluding hydrogens is 432 g/mol. The molecule has 0 aliphatic carbocycles. The first-order chi connectivity index (χ1) is 14.8. The highest BCUT2D eigenvalue weighted by Gasteiger charge is 2.31. The number of hydrogen-bond acceptors (Lipinski definition) is 5. The third-order valence-corrected chi connectivity index (χ3v) is 8.05. The van der Waals surface area contributed by atoms with E-state index in [1.165, 1.54) is 11.3 Å². The molecule has 0 saturated carbocycles. The summed E-state index contributed by atoms with van der Waals surface area (Å²) in [5.41, 5.74) is 2.91. The molecule has 31 heavy (non-hydrogen) atoms. The van der Waals surface area contributed by atoms with E-state index in [9.17, 15) is 18.0 Å². The Kier molecular flexibility index (Phi) is 7.25. The van der Waals surface area contributed by atoms with Crippen LogP contribution in [0.5, 0.6) is 0 Å². The van der Waals surface area contributed by atoms with Crippen molar-refractivity contribution in [1.82, 2.24) is 10.6 Å². The van der Waals surface area contributed by atoms with Gasteiger partial charge in [0.2, 0.25) is 0 Å². The Bertz CT molecular complexity index is 1140. The summed E-state index contributed by atoms with van der Waals surface area (Å²) in [6.07, 6.45) is 0. The number of carbonyl (C=O) groups is 2. The van der Waals surface area contributed by atoms with Gasteiger partial charge < -0.3 is 10.6 Å². The molecule has 8 heteroatoms. The predicted molar refractivity (Wildman–Crippen MR) is 121 cm³/mol. The molecule has 0 fully saturated rings. The van der Waals surface area contributed by atoms with Crippen LogP contribution in [0.1, 0.15) is 26.8 Å². The van der Waals surface area contributed by atoms with Gasteiger partial charge in [0, 0.05) is 18.0 Å². The Morgan fingerprint density at radius 3 is 2.03 bits per heavy atom. The quantitative estimate of drug-likeness (QED) is 0.534. The lowest BCUT2D eigenvalue weighted by Crippen LogP contribution is -2.42. The van der Waals surface area contributed by atoms with Gasteiger partial charge in [-0.05, 0) is 43.0 Å². The minimum absolute atomic E-state index is 0.176. The van der Waals surface area contributed by atoms with Crippen LogP contribution in [-0.4, -0.2) is 26.8 Å². The number of aryl methyl sites for hydroxylation is 2. The van der Waals surface area contributed by atoms with Gasteiger partial charge >= 0.3 is 11.8 Å². The monoisotopic (exact) mass is 456 g/mol. The van der Waals surface area contributed by atoms with Crippen molar-refractivity contribution < 1.29 is 18.0 Å². The molecule has 3 aromatic rings. The van der Waals surface area contributed by atoms with Crippen LogP contribution >= 0.6 is 11.3 Å². The van der Waals surface area contributed by atoms with E-state index in [2.05, 4.69) is 10.6 Å². The van der Waals surface area contributed by atoms with Gasteiger partial charge in [-0.15, -0.1) is 11.3 Å². The first-order valence-electron chi connectivity index (χ1n) is 9.73. The lowest BCUT2D eigenvalue weighted by molar-refractivity contribution is -0.139. The van der Waals surface area contributed by atoms with Gasteiger partial charge in [-0.25, -0.2) is 8.42 Å². The van der Waals surface area contributed by atoms with Crippen LogP contribution < -0.4 is 10.6 Å². The zero-order valence-electron chi connectivity index (χ0n) is 17.3. The zero-order valence-corrected chi connectivity index (χ0v) is 18.9. The van der Waals surface area contributed by atoms with Gasteiger partial charge in [0.1, 0.15) is 5.25 Å². The Labute approximate surface area is 186 Å². The molecular formula is C23H24N2O4S2. The molecule has 162 valence electrons. The molecule has 1 atom stereocenters. The Morgan fingerprint density at radius 1 is 0.871 bits per heavy atom. The van der Waals surface area contributed by atoms with E-state index in [4.69, 9.17) is 0 Å². The molecule has 0 radical (unpaired) electrons. The number of nitrogens with one attached hydrogen (secondary N) is 2. The van der Waals surface area contributed by atoms with Gasteiger partial charge in [0.15, 0.2) is 9.84 Å². The van der Waals surface area contributed by atoms with Crippen LogP contribution in [-0.2, 0) is 26.0 Å². The average Bonchev–Trinajstić information content (AvgIpc) is 3.27. The van der Waals surface area contributed by atoms with Gasteiger partial charge in [-0.3, -0.25) is 9.59 Å². The van der Waals surface area contributed by atoms with E-state index in [0.717, 1.165) is 16.7 Å². The van der Waals surface area contributed by atoms with Crippen molar-refractivity contribution in [3.05, 3.63) is 87.6 Å². The third kappa shape index (κ3) is 5.80. The van der Waals surface area contributed by atoms with Crippen LogP contribution in [0.3, 0.4) is 0 Å². The topological polar surface area (TPSA) is 92.3 Å². The maximum atomic E-state index is 13.2. The van der Waals surface area contributed by atoms with E-state index < -0.39 is 26.9 Å². The molecule has 0 unspecified atom stereocenters. The molecule has 6 nitrogen and oxygen atoms in total. The number of amides is 2. The first kappa shape index (κ1) is 22.7. The highest BCUT2D eigenvalue weighted by Crippen LogP contribution is 2.31. The van der Waals surface area contributed by atoms with Gasteiger partial charge in [0.05, 0.1) is 4.90 Å². The Morgan fingerprint density at radius 2 is 1.45 bits per heavy atom. The summed E-state index contributed by atoms with van der Waals surface area (Å²) in [5, 5.41) is 5.83. The number of benzene rings is 2. The maximum Gasteiger partial charge on any atom is 0.309 e. The largest absolute Gasteiger partial charge is 0.346 e. The number of rotatable bonds is 7. The van der Waals surface area contributed by atoms with Crippen LogP contribution in [0.25, 0.3) is 0 Å². The fourth-order valence-corrected chi connectivity index (χ4v) is 5.75. The molecule has 0 bridgehead atoms. The fourth-order valence-electron chi connectivity index (χ4n) is 2.96. The Hall–Kier alpha value is -2.97. The molecule has 0 spiro atoms. The number of thiophene rings is 1. The SMILES string of the molecule is Cc1ccc(CNC(=O)C(=O)NC[C@@H](c2cccs2)S(=O)(=O)c2ccc(C)cc2)cc1. The van der Waals surface area contributed by atoms with Crippen molar-refractivity contribution >= 4 is 33.0 Å². The van der Waals surface area contributed by atoms with Crippen molar-refractivity contribution in [1.29, 1.82) is 0 Å². The zero-order chi connectivity index (χ0) is 22.4. The summed E-state index contributed by atoms with van der Waals surface area (Å²) >= 11 is 1.29. The smallest absolute Gasteiger partial charge is 0.309 e. The molecule has 2 amide bonds. The number of hydrogen-bond donors (Lipinski definition) is 2. The highest BCUT2D eigenvalue weighted by molar-refractivity contribution is 7.91. The summed E-state index contributed by atoms with van der Waals surface area (Å²) < 4.78 is 26.4. The molecule has 0 aliphatic heterocycles. The van der Waals surface area contributed by atoms with E-state index in [0.29, 0.717) is 4.88 Å². The summed E-state index contributed by atoms with van der Waals surface area (Å²) in [6, 6.07) is 17.6. The van der Waals surface area contributed by atoms with Crippen molar-refractivity contribution in [3.8, 4) is 0 Å².